The zero-order valence-electron chi connectivity index (χ0n) is 14.5. The molecule has 9 heteroatoms. The molecular weight excluding hydrogens is 346 g/mol. The zero-order valence-corrected chi connectivity index (χ0v) is 15.3. The van der Waals surface area contributed by atoms with Crippen molar-refractivity contribution in [2.75, 3.05) is 27.3 Å². The minimum atomic E-state index is -3.71. The van der Waals surface area contributed by atoms with Crippen LogP contribution in [0.4, 0.5) is 4.79 Å². The Bertz CT molecular complexity index is 821. The van der Waals surface area contributed by atoms with E-state index in [1.807, 2.05) is 6.92 Å². The molecule has 3 rings (SSSR count). The molecule has 0 radical (unpaired) electrons. The Balaban J connectivity index is 1.97. The maximum atomic E-state index is 12.6. The quantitative estimate of drug-likeness (QED) is 0.677. The molecule has 1 aliphatic heterocycles. The summed E-state index contributed by atoms with van der Waals surface area (Å²) < 4.78 is 34.2. The molecule has 1 saturated carbocycles. The highest BCUT2D eigenvalue weighted by Gasteiger charge is 2.47. The Labute approximate surface area is 146 Å². The SMILES string of the molecule is COCC[N+]1=C2C=CC(S(=O)(=O)NC3(C)CC3)=CC2C(=O)N(C)C1=O. The summed E-state index contributed by atoms with van der Waals surface area (Å²) in [5.74, 6) is -1.24. The molecule has 1 unspecified atom stereocenters. The van der Waals surface area contributed by atoms with Gasteiger partial charge in [0.1, 0.15) is 18.2 Å². The van der Waals surface area contributed by atoms with Crippen LogP contribution < -0.4 is 4.72 Å². The summed E-state index contributed by atoms with van der Waals surface area (Å²) in [6, 6.07) is -0.443. The van der Waals surface area contributed by atoms with Crippen LogP contribution in [0, 0.1) is 5.92 Å². The number of carbonyl (C=O) groups is 2. The molecule has 2 aliphatic carbocycles. The smallest absolute Gasteiger partial charge is 0.381 e. The van der Waals surface area contributed by atoms with Crippen LogP contribution in [0.25, 0.3) is 0 Å². The number of allylic oxidation sites excluding steroid dienone is 2. The van der Waals surface area contributed by atoms with Crippen LogP contribution in [-0.4, -0.2) is 68.4 Å². The van der Waals surface area contributed by atoms with E-state index in [0.29, 0.717) is 12.3 Å². The molecule has 136 valence electrons. The molecule has 1 atom stereocenters. The number of nitrogens with one attached hydrogen (secondary N) is 1. The molecule has 25 heavy (non-hydrogen) atoms. The summed E-state index contributed by atoms with van der Waals surface area (Å²) in [4.78, 5) is 25.9. The van der Waals surface area contributed by atoms with Crippen LogP contribution >= 0.6 is 0 Å². The minimum absolute atomic E-state index is 0.0529. The molecule has 0 bridgehead atoms. The number of nitrogens with zero attached hydrogens (tertiary/aromatic N) is 2. The fourth-order valence-corrected chi connectivity index (χ4v) is 4.42. The highest BCUT2D eigenvalue weighted by molar-refractivity contribution is 7.93. The van der Waals surface area contributed by atoms with Crippen LogP contribution in [0.3, 0.4) is 0 Å². The van der Waals surface area contributed by atoms with E-state index in [-0.39, 0.29) is 11.4 Å². The van der Waals surface area contributed by atoms with Gasteiger partial charge in [-0.3, -0.25) is 0 Å². The maximum Gasteiger partial charge on any atom is 0.500 e. The molecule has 8 nitrogen and oxygen atoms in total. The first-order valence-electron chi connectivity index (χ1n) is 8.07. The van der Waals surface area contributed by atoms with Gasteiger partial charge in [-0.2, -0.15) is 14.3 Å². The van der Waals surface area contributed by atoms with E-state index < -0.39 is 33.4 Å². The fraction of sp³-hybridized carbons (Fsp3) is 0.562. The normalized spacial score (nSPS) is 25.2. The van der Waals surface area contributed by atoms with Crippen LogP contribution in [0.15, 0.2) is 23.1 Å². The number of carbonyl (C=O) groups excluding carboxylic acids is 2. The minimum Gasteiger partial charge on any atom is -0.381 e. The number of sulfonamides is 1. The van der Waals surface area contributed by atoms with E-state index in [1.54, 1.807) is 0 Å². The number of urea groups is 1. The highest BCUT2D eigenvalue weighted by atomic mass is 32.2. The summed E-state index contributed by atoms with van der Waals surface area (Å²) >= 11 is 0. The van der Waals surface area contributed by atoms with E-state index in [1.165, 1.54) is 37.0 Å². The van der Waals surface area contributed by atoms with Crippen molar-refractivity contribution in [3.8, 4) is 0 Å². The van der Waals surface area contributed by atoms with Crippen LogP contribution in [0.5, 0.6) is 0 Å². The van der Waals surface area contributed by atoms with E-state index in [4.69, 9.17) is 4.74 Å². The average molecular weight is 368 g/mol. The number of hydrogen-bond acceptors (Lipinski definition) is 5. The lowest BCUT2D eigenvalue weighted by atomic mass is 9.94. The molecule has 3 aliphatic rings. The first-order valence-corrected chi connectivity index (χ1v) is 9.55. The van der Waals surface area contributed by atoms with Gasteiger partial charge in [-0.05, 0) is 38.0 Å². The summed E-state index contributed by atoms with van der Waals surface area (Å²) in [5, 5.41) is 0. The molecule has 0 aromatic rings. The van der Waals surface area contributed by atoms with Gasteiger partial charge in [-0.25, -0.2) is 17.9 Å². The van der Waals surface area contributed by atoms with Gasteiger partial charge in [0.2, 0.25) is 10.0 Å². The van der Waals surface area contributed by atoms with Crippen molar-refractivity contribution in [3.63, 3.8) is 0 Å². The number of methoxy groups -OCH3 is 1. The predicted molar refractivity (Wildman–Crippen MR) is 90.6 cm³/mol. The largest absolute Gasteiger partial charge is 0.500 e. The van der Waals surface area contributed by atoms with Gasteiger partial charge in [0.15, 0.2) is 0 Å². The lowest BCUT2D eigenvalue weighted by Gasteiger charge is -2.26. The third-order valence-corrected chi connectivity index (χ3v) is 6.36. The van der Waals surface area contributed by atoms with Gasteiger partial charge < -0.3 is 4.74 Å². The van der Waals surface area contributed by atoms with Crippen molar-refractivity contribution in [2.24, 2.45) is 5.92 Å². The molecule has 3 amide bonds. The second kappa shape index (κ2) is 6.15. The molecule has 1 fully saturated rings. The Morgan fingerprint density at radius 3 is 2.64 bits per heavy atom. The Kier molecular flexibility index (Phi) is 4.42. The van der Waals surface area contributed by atoms with Crippen molar-refractivity contribution >= 4 is 27.7 Å². The van der Waals surface area contributed by atoms with Crippen LogP contribution in [0.2, 0.25) is 0 Å². The van der Waals surface area contributed by atoms with Gasteiger partial charge in [0.05, 0.1) is 18.6 Å². The lowest BCUT2D eigenvalue weighted by Crippen LogP contribution is -2.53. The Morgan fingerprint density at radius 1 is 1.36 bits per heavy atom. The summed E-state index contributed by atoms with van der Waals surface area (Å²) in [6.45, 7) is 2.45. The summed E-state index contributed by atoms with van der Waals surface area (Å²) in [6.07, 6.45) is 5.98. The average Bonchev–Trinajstić information content (AvgIpc) is 3.28. The second-order valence-corrected chi connectivity index (χ2v) is 8.48. The number of amides is 3. The van der Waals surface area contributed by atoms with Gasteiger partial charge in [-0.1, -0.05) is 0 Å². The van der Waals surface area contributed by atoms with E-state index in [9.17, 15) is 18.0 Å². The summed E-state index contributed by atoms with van der Waals surface area (Å²) in [5.41, 5.74) is 0.0763. The zero-order chi connectivity index (χ0) is 18.4. The molecule has 0 saturated heterocycles. The standard InChI is InChI=1S/C16H22N3O5S/c1-16(6-7-16)17-25(22,23)11-4-5-13-12(10-11)14(20)18(2)15(21)19(13)8-9-24-3/h4-5,10,12,17H,6-9H2,1-3H3/q+1. The second-order valence-electron chi connectivity index (χ2n) is 6.80. The van der Waals surface area contributed by atoms with Gasteiger partial charge in [-0.15, -0.1) is 0 Å². The number of ether oxygens (including phenoxy) is 1. The number of fused-ring (bicyclic) bond motifs is 1. The third-order valence-electron chi connectivity index (χ3n) is 4.70. The molecule has 1 heterocycles. The first-order chi connectivity index (χ1) is 11.7. The fourth-order valence-electron chi connectivity index (χ4n) is 2.89. The lowest BCUT2D eigenvalue weighted by molar-refractivity contribution is -0.442. The van der Waals surface area contributed by atoms with Gasteiger partial charge in [0.25, 0.3) is 0 Å². The van der Waals surface area contributed by atoms with Gasteiger partial charge in [0, 0.05) is 12.6 Å². The molecule has 0 aromatic carbocycles. The van der Waals surface area contributed by atoms with E-state index >= 15 is 0 Å². The monoisotopic (exact) mass is 368 g/mol. The molecule has 1 N–H and O–H groups in total. The number of hydrogen-bond donors (Lipinski definition) is 1. The number of rotatable bonds is 6. The maximum absolute atomic E-state index is 12.6. The first kappa shape index (κ1) is 18.0. The van der Waals surface area contributed by atoms with Crippen molar-refractivity contribution in [1.29, 1.82) is 0 Å². The van der Waals surface area contributed by atoms with Crippen LogP contribution in [-0.2, 0) is 19.6 Å². The van der Waals surface area contributed by atoms with Crippen molar-refractivity contribution in [2.45, 2.75) is 25.3 Å². The van der Waals surface area contributed by atoms with Crippen molar-refractivity contribution in [3.05, 3.63) is 23.1 Å². The van der Waals surface area contributed by atoms with Crippen molar-refractivity contribution in [1.82, 2.24) is 9.62 Å². The van der Waals surface area contributed by atoms with E-state index in [2.05, 4.69) is 4.72 Å². The number of imide groups is 1. The third kappa shape index (κ3) is 3.31. The molecule has 0 aromatic heterocycles. The molecular formula is C16H22N3O5S+. The van der Waals surface area contributed by atoms with Crippen molar-refractivity contribution < 1.29 is 27.3 Å². The van der Waals surface area contributed by atoms with E-state index in [0.717, 1.165) is 17.7 Å². The van der Waals surface area contributed by atoms with Gasteiger partial charge >= 0.3 is 11.9 Å². The topological polar surface area (TPSA) is 95.8 Å². The molecule has 0 spiro atoms. The highest BCUT2D eigenvalue weighted by Crippen LogP contribution is 2.36. The van der Waals surface area contributed by atoms with Crippen LogP contribution in [0.1, 0.15) is 19.8 Å². The Morgan fingerprint density at radius 2 is 2.04 bits per heavy atom. The Hall–Kier alpha value is -1.84. The predicted octanol–water partition coefficient (Wildman–Crippen LogP) is 0.220. The summed E-state index contributed by atoms with van der Waals surface area (Å²) in [7, 11) is -0.787.